The van der Waals surface area contributed by atoms with Gasteiger partial charge in [0.05, 0.1) is 13.0 Å². The lowest BCUT2D eigenvalue weighted by molar-refractivity contribution is -0.115. The summed E-state index contributed by atoms with van der Waals surface area (Å²) in [7, 11) is 0. The summed E-state index contributed by atoms with van der Waals surface area (Å²) in [6.07, 6.45) is 1.40. The van der Waals surface area contributed by atoms with Crippen LogP contribution in [0.25, 0.3) is 0 Å². The van der Waals surface area contributed by atoms with Crippen molar-refractivity contribution in [2.45, 2.75) is 13.3 Å². The number of ether oxygens (including phenoxy) is 1. The van der Waals surface area contributed by atoms with E-state index in [1.807, 2.05) is 17.5 Å². The van der Waals surface area contributed by atoms with E-state index < -0.39 is 5.97 Å². The van der Waals surface area contributed by atoms with Crippen molar-refractivity contribution in [3.63, 3.8) is 0 Å². The van der Waals surface area contributed by atoms with Crippen molar-refractivity contribution in [3.8, 4) is 0 Å². The number of hydrogen-bond acceptors (Lipinski definition) is 6. The maximum atomic E-state index is 11.7. The van der Waals surface area contributed by atoms with Crippen molar-refractivity contribution in [1.29, 1.82) is 0 Å². The summed E-state index contributed by atoms with van der Waals surface area (Å²) in [5, 5.41) is 4.38. The van der Waals surface area contributed by atoms with Gasteiger partial charge >= 0.3 is 12.0 Å². The van der Waals surface area contributed by atoms with E-state index in [1.54, 1.807) is 6.92 Å². The molecule has 0 aliphatic rings. The van der Waals surface area contributed by atoms with Crippen LogP contribution in [0.3, 0.4) is 0 Å². The van der Waals surface area contributed by atoms with Gasteiger partial charge in [0, 0.05) is 4.88 Å². The zero-order valence-electron chi connectivity index (χ0n) is 10.2. The molecule has 0 spiro atoms. The molecule has 0 aromatic carbocycles. The normalized spacial score (nSPS) is 10.2. The van der Waals surface area contributed by atoms with Gasteiger partial charge in [-0.15, -0.1) is 11.3 Å². The first-order chi connectivity index (χ1) is 9.19. The number of carbonyl (C=O) groups excluding carboxylic acids is 2. The molecule has 100 valence electrons. The summed E-state index contributed by atoms with van der Waals surface area (Å²) in [5.41, 5.74) is 0.0354. The Hall–Kier alpha value is -2.15. The van der Waals surface area contributed by atoms with Crippen molar-refractivity contribution >= 4 is 29.2 Å². The average molecular weight is 280 g/mol. The number of amides is 1. The highest BCUT2D eigenvalue weighted by molar-refractivity contribution is 7.10. The average Bonchev–Trinajstić information content (AvgIpc) is 3.00. The highest BCUT2D eigenvalue weighted by Crippen LogP contribution is 2.12. The molecule has 2 heterocycles. The molecule has 0 aliphatic carbocycles. The summed E-state index contributed by atoms with van der Waals surface area (Å²) < 4.78 is 9.74. The Labute approximate surface area is 113 Å². The second-order valence-corrected chi connectivity index (χ2v) is 4.59. The molecule has 2 aromatic heterocycles. The Morgan fingerprint density at radius 2 is 2.37 bits per heavy atom. The molecule has 0 unspecified atom stereocenters. The third kappa shape index (κ3) is 3.65. The van der Waals surface area contributed by atoms with Gasteiger partial charge in [-0.05, 0) is 18.4 Å². The molecule has 0 aliphatic heterocycles. The smallest absolute Gasteiger partial charge is 0.360 e. The Bertz CT molecular complexity index is 562. The number of nitrogens with one attached hydrogen (secondary N) is 1. The molecular weight excluding hydrogens is 268 g/mol. The van der Waals surface area contributed by atoms with Crippen LogP contribution < -0.4 is 5.32 Å². The van der Waals surface area contributed by atoms with Crippen molar-refractivity contribution in [3.05, 3.63) is 34.3 Å². The number of hydrogen-bond donors (Lipinski definition) is 1. The molecule has 0 fully saturated rings. The predicted octanol–water partition coefficient (Wildman–Crippen LogP) is 2.09. The van der Waals surface area contributed by atoms with Crippen LogP contribution in [-0.4, -0.2) is 23.5 Å². The number of rotatable bonds is 5. The summed E-state index contributed by atoms with van der Waals surface area (Å²) in [5.74, 6) is -0.829. The first-order valence-electron chi connectivity index (χ1n) is 5.64. The standard InChI is InChI=1S/C12H12N2O4S/c1-2-17-11(16)9-7-18-12(13-9)14-10(15)6-8-4-3-5-19-8/h3-5,7H,2,6H2,1H3,(H,13,14,15). The predicted molar refractivity (Wildman–Crippen MR) is 69.1 cm³/mol. The fraction of sp³-hybridized carbons (Fsp3) is 0.250. The van der Waals surface area contributed by atoms with E-state index in [0.717, 1.165) is 11.1 Å². The van der Waals surface area contributed by atoms with E-state index in [1.165, 1.54) is 11.3 Å². The number of carbonyl (C=O) groups is 2. The van der Waals surface area contributed by atoms with Gasteiger partial charge in [0.2, 0.25) is 5.91 Å². The lowest BCUT2D eigenvalue weighted by atomic mass is 10.3. The molecule has 2 rings (SSSR count). The van der Waals surface area contributed by atoms with Gasteiger partial charge in [-0.25, -0.2) is 4.79 Å². The zero-order valence-corrected chi connectivity index (χ0v) is 11.0. The Morgan fingerprint density at radius 3 is 3.05 bits per heavy atom. The Balaban J connectivity index is 1.92. The van der Waals surface area contributed by atoms with Crippen LogP contribution >= 0.6 is 11.3 Å². The van der Waals surface area contributed by atoms with Gasteiger partial charge in [0.25, 0.3) is 0 Å². The third-order valence-electron chi connectivity index (χ3n) is 2.15. The van der Waals surface area contributed by atoms with E-state index in [9.17, 15) is 9.59 Å². The fourth-order valence-electron chi connectivity index (χ4n) is 1.36. The Morgan fingerprint density at radius 1 is 1.53 bits per heavy atom. The van der Waals surface area contributed by atoms with E-state index >= 15 is 0 Å². The van der Waals surface area contributed by atoms with Gasteiger partial charge < -0.3 is 9.15 Å². The minimum Gasteiger partial charge on any atom is -0.461 e. The van der Waals surface area contributed by atoms with Gasteiger partial charge in [-0.3, -0.25) is 10.1 Å². The molecule has 0 bridgehead atoms. The van der Waals surface area contributed by atoms with E-state index in [-0.39, 0.29) is 30.6 Å². The van der Waals surface area contributed by atoms with Crippen LogP contribution in [0.2, 0.25) is 0 Å². The van der Waals surface area contributed by atoms with Crippen molar-refractivity contribution < 1.29 is 18.7 Å². The molecular formula is C12H12N2O4S. The second kappa shape index (κ2) is 6.14. The number of aromatic nitrogens is 1. The summed E-state index contributed by atoms with van der Waals surface area (Å²) in [6.45, 7) is 1.95. The zero-order chi connectivity index (χ0) is 13.7. The molecule has 1 amide bonds. The molecule has 1 N–H and O–H groups in total. The van der Waals surface area contributed by atoms with Crippen LogP contribution in [-0.2, 0) is 16.0 Å². The van der Waals surface area contributed by atoms with Crippen LogP contribution in [0, 0.1) is 0 Å². The van der Waals surface area contributed by atoms with Crippen LogP contribution in [0.15, 0.2) is 28.2 Å². The highest BCUT2D eigenvalue weighted by Gasteiger charge is 2.14. The maximum Gasteiger partial charge on any atom is 0.360 e. The van der Waals surface area contributed by atoms with Crippen molar-refractivity contribution in [2.24, 2.45) is 0 Å². The van der Waals surface area contributed by atoms with Gasteiger partial charge in [0.1, 0.15) is 6.26 Å². The monoisotopic (exact) mass is 280 g/mol. The van der Waals surface area contributed by atoms with Gasteiger partial charge in [-0.1, -0.05) is 6.07 Å². The number of anilines is 1. The minimum absolute atomic E-state index is 0.00962. The SMILES string of the molecule is CCOC(=O)c1coc(NC(=O)Cc2cccs2)n1. The molecule has 19 heavy (non-hydrogen) atoms. The molecule has 0 radical (unpaired) electrons. The fourth-order valence-corrected chi connectivity index (χ4v) is 2.07. The molecule has 0 saturated carbocycles. The van der Waals surface area contributed by atoms with Crippen molar-refractivity contribution in [2.75, 3.05) is 11.9 Å². The Kier molecular flexibility index (Phi) is 4.30. The lowest BCUT2D eigenvalue weighted by Gasteiger charge is -1.98. The van der Waals surface area contributed by atoms with Gasteiger partial charge in [-0.2, -0.15) is 4.98 Å². The molecule has 6 nitrogen and oxygen atoms in total. The summed E-state index contributed by atoms with van der Waals surface area (Å²) in [6, 6.07) is 3.73. The van der Waals surface area contributed by atoms with Crippen LogP contribution in [0.4, 0.5) is 6.01 Å². The number of nitrogens with zero attached hydrogens (tertiary/aromatic N) is 1. The summed E-state index contributed by atoms with van der Waals surface area (Å²) >= 11 is 1.49. The quantitative estimate of drug-likeness (QED) is 0.848. The minimum atomic E-state index is -0.579. The van der Waals surface area contributed by atoms with E-state index in [0.29, 0.717) is 0 Å². The second-order valence-electron chi connectivity index (χ2n) is 3.56. The first-order valence-corrected chi connectivity index (χ1v) is 6.52. The van der Waals surface area contributed by atoms with E-state index in [2.05, 4.69) is 10.3 Å². The molecule has 7 heteroatoms. The van der Waals surface area contributed by atoms with Crippen LogP contribution in [0.1, 0.15) is 22.3 Å². The number of oxazole rings is 1. The van der Waals surface area contributed by atoms with Crippen LogP contribution in [0.5, 0.6) is 0 Å². The third-order valence-corrected chi connectivity index (χ3v) is 3.03. The van der Waals surface area contributed by atoms with Crippen molar-refractivity contribution in [1.82, 2.24) is 4.98 Å². The molecule has 2 aromatic rings. The summed E-state index contributed by atoms with van der Waals surface area (Å²) in [4.78, 5) is 27.8. The lowest BCUT2D eigenvalue weighted by Crippen LogP contribution is -2.14. The highest BCUT2D eigenvalue weighted by atomic mass is 32.1. The first kappa shape index (κ1) is 13.3. The largest absolute Gasteiger partial charge is 0.461 e. The maximum absolute atomic E-state index is 11.7. The number of esters is 1. The van der Waals surface area contributed by atoms with E-state index in [4.69, 9.17) is 9.15 Å². The molecule has 0 saturated heterocycles. The topological polar surface area (TPSA) is 81.4 Å². The number of thiophene rings is 1. The molecule has 0 atom stereocenters. The van der Waals surface area contributed by atoms with Gasteiger partial charge in [0.15, 0.2) is 5.69 Å².